The average molecular weight is 583 g/mol. The minimum absolute atomic E-state index is 0.168. The average Bonchev–Trinajstić information content (AvgIpc) is 2.97. The summed E-state index contributed by atoms with van der Waals surface area (Å²) in [6.45, 7) is 2.57. The van der Waals surface area contributed by atoms with Crippen LogP contribution in [0.4, 0.5) is 11.6 Å². The van der Waals surface area contributed by atoms with Crippen LogP contribution < -0.4 is 10.9 Å². The van der Waals surface area contributed by atoms with Crippen LogP contribution in [-0.2, 0) is 6.54 Å². The smallest absolute Gasteiger partial charge is 0.266 e. The summed E-state index contributed by atoms with van der Waals surface area (Å²) < 4.78 is 2.12. The molecule has 1 aliphatic rings. The van der Waals surface area contributed by atoms with Gasteiger partial charge in [0.2, 0.25) is 5.95 Å². The zero-order chi connectivity index (χ0) is 26.8. The first kappa shape index (κ1) is 25.3. The van der Waals surface area contributed by atoms with Gasteiger partial charge >= 0.3 is 0 Å². The van der Waals surface area contributed by atoms with Crippen molar-refractivity contribution in [3.05, 3.63) is 105 Å². The molecular formula is C30H28BrN7O. The van der Waals surface area contributed by atoms with E-state index in [1.165, 1.54) is 24.9 Å². The Balaban J connectivity index is 1.32. The van der Waals surface area contributed by atoms with Crippen LogP contribution in [0.2, 0.25) is 0 Å². The topological polar surface area (TPSA) is 88.8 Å². The molecule has 9 heteroatoms. The maximum Gasteiger partial charge on any atom is 0.266 e. The molecule has 39 heavy (non-hydrogen) atoms. The number of fused-ring (bicyclic) bond motifs is 1. The number of halogens is 1. The third-order valence-electron chi connectivity index (χ3n) is 7.27. The van der Waals surface area contributed by atoms with Gasteiger partial charge in [-0.15, -0.1) is 0 Å². The predicted octanol–water partition coefficient (Wildman–Crippen LogP) is 5.61. The van der Waals surface area contributed by atoms with E-state index in [1.54, 1.807) is 41.6 Å². The number of aromatic nitrogens is 5. The molecule has 4 aromatic heterocycles. The number of rotatable bonds is 6. The second-order valence-corrected chi connectivity index (χ2v) is 10.8. The number of nitrogens with zero attached hydrogens (tertiary/aromatic N) is 6. The highest BCUT2D eigenvalue weighted by molar-refractivity contribution is 9.10. The predicted molar refractivity (Wildman–Crippen MR) is 157 cm³/mol. The molecule has 0 bridgehead atoms. The van der Waals surface area contributed by atoms with E-state index in [0.29, 0.717) is 28.5 Å². The van der Waals surface area contributed by atoms with Crippen LogP contribution in [0, 0.1) is 0 Å². The molecule has 5 aromatic rings. The third kappa shape index (κ3) is 5.46. The Morgan fingerprint density at radius 1 is 1.03 bits per heavy atom. The van der Waals surface area contributed by atoms with Gasteiger partial charge in [-0.1, -0.05) is 12.1 Å². The lowest BCUT2D eigenvalue weighted by Gasteiger charge is -2.30. The van der Waals surface area contributed by atoms with Crippen molar-refractivity contribution >= 4 is 38.6 Å². The van der Waals surface area contributed by atoms with E-state index in [0.717, 1.165) is 34.3 Å². The summed E-state index contributed by atoms with van der Waals surface area (Å²) in [4.78, 5) is 33.5. The Kier molecular flexibility index (Phi) is 7.17. The third-order valence-corrected chi connectivity index (χ3v) is 7.84. The summed E-state index contributed by atoms with van der Waals surface area (Å²) in [5, 5.41) is 4.08. The van der Waals surface area contributed by atoms with E-state index in [9.17, 15) is 4.79 Å². The highest BCUT2D eigenvalue weighted by Gasteiger charge is 2.19. The Bertz CT molecular complexity index is 1670. The highest BCUT2D eigenvalue weighted by Crippen LogP contribution is 2.28. The van der Waals surface area contributed by atoms with Gasteiger partial charge in [0.05, 0.1) is 11.0 Å². The van der Waals surface area contributed by atoms with E-state index in [2.05, 4.69) is 72.4 Å². The maximum absolute atomic E-state index is 13.3. The SMILES string of the molecule is CN1CCCC(c2ccc(Nc3ncc4cc(Br)c(=O)n(Cc5cnccc5-c5ccncc5)c4n3)cc2)C1. The van der Waals surface area contributed by atoms with Gasteiger partial charge in [-0.05, 0) is 107 Å². The number of hydrogen-bond acceptors (Lipinski definition) is 7. The van der Waals surface area contributed by atoms with Gasteiger partial charge in [-0.25, -0.2) is 4.98 Å². The first-order valence-corrected chi connectivity index (χ1v) is 13.8. The minimum atomic E-state index is -0.168. The zero-order valence-corrected chi connectivity index (χ0v) is 23.2. The molecule has 0 amide bonds. The fourth-order valence-electron chi connectivity index (χ4n) is 5.27. The number of likely N-dealkylation sites (N-methyl/N-ethyl adjacent to an activating group) is 1. The first-order chi connectivity index (χ1) is 19.0. The summed E-state index contributed by atoms with van der Waals surface area (Å²) in [6, 6.07) is 16.1. The van der Waals surface area contributed by atoms with Crippen LogP contribution in [0.5, 0.6) is 0 Å². The van der Waals surface area contributed by atoms with Crippen LogP contribution in [0.1, 0.15) is 29.9 Å². The number of piperidine rings is 1. The van der Waals surface area contributed by atoms with E-state index in [1.807, 2.05) is 18.2 Å². The quantitative estimate of drug-likeness (QED) is 0.278. The summed E-state index contributed by atoms with van der Waals surface area (Å²) in [7, 11) is 2.19. The molecule has 1 atom stereocenters. The normalized spacial score (nSPS) is 15.9. The second kappa shape index (κ2) is 11.0. The van der Waals surface area contributed by atoms with Crippen molar-refractivity contribution in [1.82, 2.24) is 29.4 Å². The lowest BCUT2D eigenvalue weighted by Crippen LogP contribution is -2.30. The summed E-state index contributed by atoms with van der Waals surface area (Å²) in [5.74, 6) is 0.996. The summed E-state index contributed by atoms with van der Waals surface area (Å²) in [6.07, 6.45) is 11.2. The van der Waals surface area contributed by atoms with Crippen molar-refractivity contribution < 1.29 is 0 Å². The Hall–Kier alpha value is -3.95. The van der Waals surface area contributed by atoms with Crippen LogP contribution in [0.25, 0.3) is 22.2 Å². The number of nitrogens with one attached hydrogen (secondary N) is 1. The van der Waals surface area contributed by atoms with Crippen LogP contribution >= 0.6 is 15.9 Å². The fourth-order valence-corrected chi connectivity index (χ4v) is 5.73. The van der Waals surface area contributed by atoms with Crippen molar-refractivity contribution in [3.63, 3.8) is 0 Å². The van der Waals surface area contributed by atoms with Gasteiger partial charge in [-0.3, -0.25) is 19.3 Å². The molecule has 196 valence electrons. The second-order valence-electron chi connectivity index (χ2n) is 9.97. The Labute approximate surface area is 234 Å². The van der Waals surface area contributed by atoms with Crippen molar-refractivity contribution in [2.45, 2.75) is 25.3 Å². The van der Waals surface area contributed by atoms with Crippen LogP contribution in [0.15, 0.2) is 88.8 Å². The van der Waals surface area contributed by atoms with E-state index in [4.69, 9.17) is 4.98 Å². The van der Waals surface area contributed by atoms with Gasteiger partial charge in [0.25, 0.3) is 5.56 Å². The van der Waals surface area contributed by atoms with Crippen molar-refractivity contribution in [2.24, 2.45) is 0 Å². The molecule has 8 nitrogen and oxygen atoms in total. The first-order valence-electron chi connectivity index (χ1n) is 13.0. The molecule has 1 N–H and O–H groups in total. The van der Waals surface area contributed by atoms with E-state index < -0.39 is 0 Å². The Morgan fingerprint density at radius 3 is 2.62 bits per heavy atom. The number of pyridine rings is 3. The lowest BCUT2D eigenvalue weighted by atomic mass is 9.91. The van der Waals surface area contributed by atoms with E-state index in [-0.39, 0.29) is 5.56 Å². The highest BCUT2D eigenvalue weighted by atomic mass is 79.9. The lowest BCUT2D eigenvalue weighted by molar-refractivity contribution is 0.251. The van der Waals surface area contributed by atoms with Gasteiger partial charge in [0, 0.05) is 48.6 Å². The van der Waals surface area contributed by atoms with Crippen molar-refractivity contribution in [1.29, 1.82) is 0 Å². The minimum Gasteiger partial charge on any atom is -0.324 e. The van der Waals surface area contributed by atoms with Gasteiger partial charge in [0.15, 0.2) is 0 Å². The number of anilines is 2. The molecule has 1 aliphatic heterocycles. The largest absolute Gasteiger partial charge is 0.324 e. The van der Waals surface area contributed by atoms with Gasteiger partial charge < -0.3 is 10.2 Å². The molecule has 1 aromatic carbocycles. The molecule has 6 rings (SSSR count). The van der Waals surface area contributed by atoms with Crippen LogP contribution in [-0.4, -0.2) is 49.5 Å². The monoisotopic (exact) mass is 581 g/mol. The molecule has 0 aliphatic carbocycles. The van der Waals surface area contributed by atoms with Gasteiger partial charge in [-0.2, -0.15) is 4.98 Å². The molecule has 1 fully saturated rings. The fraction of sp³-hybridized carbons (Fsp3) is 0.233. The van der Waals surface area contributed by atoms with Crippen molar-refractivity contribution in [2.75, 3.05) is 25.5 Å². The molecule has 5 heterocycles. The molecule has 0 radical (unpaired) electrons. The molecule has 0 spiro atoms. The van der Waals surface area contributed by atoms with E-state index >= 15 is 0 Å². The number of hydrogen-bond donors (Lipinski definition) is 1. The summed E-state index contributed by atoms with van der Waals surface area (Å²) in [5.41, 5.74) is 5.54. The molecular weight excluding hydrogens is 554 g/mol. The molecule has 1 saturated heterocycles. The number of benzene rings is 1. The van der Waals surface area contributed by atoms with Gasteiger partial charge in [0.1, 0.15) is 5.65 Å². The van der Waals surface area contributed by atoms with Crippen LogP contribution in [0.3, 0.4) is 0 Å². The summed E-state index contributed by atoms with van der Waals surface area (Å²) >= 11 is 3.43. The molecule has 0 saturated carbocycles. The van der Waals surface area contributed by atoms with Crippen molar-refractivity contribution in [3.8, 4) is 11.1 Å². The number of likely N-dealkylation sites (tertiary alicyclic amines) is 1. The molecule has 1 unspecified atom stereocenters. The maximum atomic E-state index is 13.3. The zero-order valence-electron chi connectivity index (χ0n) is 21.6. The standard InChI is InChI=1S/C30H28BrN7O/c1-37-14-2-3-22(18-37)20-4-6-25(7-5-20)35-30-34-17-23-15-27(31)29(39)38(28(23)36-30)19-24-16-33-13-10-26(24)21-8-11-32-12-9-21/h4-13,15-17,22H,2-3,14,18-19H2,1H3,(H,34,35,36). The Morgan fingerprint density at radius 2 is 1.82 bits per heavy atom.